The predicted octanol–water partition coefficient (Wildman–Crippen LogP) is 4.17. The molecule has 1 aliphatic heterocycles. The summed E-state index contributed by atoms with van der Waals surface area (Å²) in [5, 5.41) is 0. The second-order valence-electron chi connectivity index (χ2n) is 7.09. The van der Waals surface area contributed by atoms with Crippen molar-refractivity contribution >= 4 is 46.0 Å². The number of carbonyl (C=O) groups excluding carboxylic acids is 3. The first-order valence-corrected chi connectivity index (χ1v) is 10.5. The molecule has 1 aliphatic rings. The highest BCUT2D eigenvalue weighted by Crippen LogP contribution is 2.28. The minimum Gasteiger partial charge on any atom is -0.467 e. The van der Waals surface area contributed by atoms with Gasteiger partial charge in [0.25, 0.3) is 11.8 Å². The predicted molar refractivity (Wildman–Crippen MR) is 120 cm³/mol. The monoisotopic (exact) mass is 514 g/mol. The number of benzene rings is 2. The molecule has 1 aromatic heterocycles. The molecule has 1 atom stereocenters. The van der Waals surface area contributed by atoms with Crippen molar-refractivity contribution in [1.82, 2.24) is 4.90 Å². The van der Waals surface area contributed by atoms with Crippen LogP contribution in [0.15, 0.2) is 71.3 Å². The fourth-order valence-corrected chi connectivity index (χ4v) is 3.94. The standard InChI is InChI=1S/C23H19IN2O4/c1-15-5-2-3-7-19(15)22(28)25(14-18-6-4-12-30-18)20-13-21(27)26(23(20)29)17-10-8-16(24)9-11-17/h2-12,20H,13-14H2,1H3. The van der Waals surface area contributed by atoms with Gasteiger partial charge in [0.1, 0.15) is 11.8 Å². The van der Waals surface area contributed by atoms with E-state index >= 15 is 0 Å². The molecule has 0 bridgehead atoms. The Hall–Kier alpha value is -2.94. The van der Waals surface area contributed by atoms with E-state index in [2.05, 4.69) is 22.6 Å². The lowest BCUT2D eigenvalue weighted by Crippen LogP contribution is -2.45. The average Bonchev–Trinajstić information content (AvgIpc) is 3.35. The maximum Gasteiger partial charge on any atom is 0.257 e. The number of carbonyl (C=O) groups is 3. The van der Waals surface area contributed by atoms with Gasteiger partial charge in [0, 0.05) is 9.13 Å². The Balaban J connectivity index is 1.69. The summed E-state index contributed by atoms with van der Waals surface area (Å²) in [7, 11) is 0. The van der Waals surface area contributed by atoms with Crippen LogP contribution in [0.25, 0.3) is 0 Å². The Morgan fingerprint density at radius 3 is 2.50 bits per heavy atom. The van der Waals surface area contributed by atoms with Crippen molar-refractivity contribution in [3.05, 3.63) is 87.4 Å². The molecule has 2 heterocycles. The van der Waals surface area contributed by atoms with E-state index in [1.807, 2.05) is 31.2 Å². The fraction of sp³-hybridized carbons (Fsp3) is 0.174. The highest BCUT2D eigenvalue weighted by Gasteiger charge is 2.44. The zero-order chi connectivity index (χ0) is 21.3. The first kappa shape index (κ1) is 20.3. The lowest BCUT2D eigenvalue weighted by Gasteiger charge is -2.27. The average molecular weight is 514 g/mol. The van der Waals surface area contributed by atoms with Gasteiger partial charge in [-0.2, -0.15) is 0 Å². The van der Waals surface area contributed by atoms with Gasteiger partial charge in [-0.05, 0) is 77.5 Å². The zero-order valence-electron chi connectivity index (χ0n) is 16.2. The molecule has 2 aromatic carbocycles. The molecule has 152 valence electrons. The van der Waals surface area contributed by atoms with Crippen LogP contribution in [0.2, 0.25) is 0 Å². The Bertz CT molecular complexity index is 1090. The highest BCUT2D eigenvalue weighted by atomic mass is 127. The molecule has 1 saturated heterocycles. The van der Waals surface area contributed by atoms with E-state index in [1.165, 1.54) is 16.1 Å². The van der Waals surface area contributed by atoms with E-state index in [0.29, 0.717) is 17.0 Å². The van der Waals surface area contributed by atoms with Gasteiger partial charge < -0.3 is 9.32 Å². The topological polar surface area (TPSA) is 70.8 Å². The second kappa shape index (κ2) is 8.43. The van der Waals surface area contributed by atoms with Crippen LogP contribution >= 0.6 is 22.6 Å². The van der Waals surface area contributed by atoms with Crippen molar-refractivity contribution in [2.24, 2.45) is 0 Å². The lowest BCUT2D eigenvalue weighted by atomic mass is 10.1. The van der Waals surface area contributed by atoms with Crippen LogP contribution in [0.1, 0.15) is 28.1 Å². The van der Waals surface area contributed by atoms with Crippen LogP contribution < -0.4 is 4.90 Å². The van der Waals surface area contributed by atoms with Gasteiger partial charge in [0.15, 0.2) is 0 Å². The van der Waals surface area contributed by atoms with Crippen LogP contribution in [-0.2, 0) is 16.1 Å². The van der Waals surface area contributed by atoms with Gasteiger partial charge in [-0.1, -0.05) is 18.2 Å². The number of halogens is 1. The number of nitrogens with zero attached hydrogens (tertiary/aromatic N) is 2. The van der Waals surface area contributed by atoms with Crippen molar-refractivity contribution in [2.75, 3.05) is 4.90 Å². The molecular weight excluding hydrogens is 495 g/mol. The molecule has 30 heavy (non-hydrogen) atoms. The largest absolute Gasteiger partial charge is 0.467 e. The SMILES string of the molecule is Cc1ccccc1C(=O)N(Cc1ccco1)C1CC(=O)N(c2ccc(I)cc2)C1=O. The Labute approximate surface area is 187 Å². The van der Waals surface area contributed by atoms with Crippen LogP contribution in [-0.4, -0.2) is 28.7 Å². The summed E-state index contributed by atoms with van der Waals surface area (Å²) in [4.78, 5) is 42.1. The fourth-order valence-electron chi connectivity index (χ4n) is 3.58. The molecule has 4 rings (SSSR count). The smallest absolute Gasteiger partial charge is 0.257 e. The van der Waals surface area contributed by atoms with E-state index in [9.17, 15) is 14.4 Å². The maximum atomic E-state index is 13.4. The quantitative estimate of drug-likeness (QED) is 0.379. The third kappa shape index (κ3) is 3.89. The Morgan fingerprint density at radius 1 is 1.10 bits per heavy atom. The second-order valence-corrected chi connectivity index (χ2v) is 8.34. The number of hydrogen-bond donors (Lipinski definition) is 0. The third-order valence-electron chi connectivity index (χ3n) is 5.13. The summed E-state index contributed by atoms with van der Waals surface area (Å²) in [6.07, 6.45) is 1.45. The first-order valence-electron chi connectivity index (χ1n) is 9.47. The third-order valence-corrected chi connectivity index (χ3v) is 5.85. The number of aryl methyl sites for hydroxylation is 1. The number of furan rings is 1. The van der Waals surface area contributed by atoms with Crippen LogP contribution in [0.5, 0.6) is 0 Å². The van der Waals surface area contributed by atoms with Crippen molar-refractivity contribution in [3.63, 3.8) is 0 Å². The van der Waals surface area contributed by atoms with Crippen LogP contribution in [0.4, 0.5) is 5.69 Å². The van der Waals surface area contributed by atoms with Gasteiger partial charge in [-0.15, -0.1) is 0 Å². The molecule has 0 spiro atoms. The highest BCUT2D eigenvalue weighted by molar-refractivity contribution is 14.1. The molecule has 0 saturated carbocycles. The molecule has 0 aliphatic carbocycles. The maximum absolute atomic E-state index is 13.4. The number of imide groups is 1. The van der Waals surface area contributed by atoms with E-state index < -0.39 is 11.9 Å². The van der Waals surface area contributed by atoms with E-state index in [-0.39, 0.29) is 24.8 Å². The van der Waals surface area contributed by atoms with Gasteiger partial charge in [-0.25, -0.2) is 4.90 Å². The summed E-state index contributed by atoms with van der Waals surface area (Å²) in [5.41, 5.74) is 1.81. The van der Waals surface area contributed by atoms with Gasteiger partial charge in [-0.3, -0.25) is 14.4 Å². The van der Waals surface area contributed by atoms with E-state index in [4.69, 9.17) is 4.42 Å². The zero-order valence-corrected chi connectivity index (χ0v) is 18.4. The summed E-state index contributed by atoms with van der Waals surface area (Å²) >= 11 is 2.16. The molecule has 0 N–H and O–H groups in total. The molecule has 3 amide bonds. The van der Waals surface area contributed by atoms with Crippen molar-refractivity contribution in [3.8, 4) is 0 Å². The van der Waals surface area contributed by atoms with Crippen molar-refractivity contribution < 1.29 is 18.8 Å². The molecule has 1 fully saturated rings. The van der Waals surface area contributed by atoms with Gasteiger partial charge in [0.2, 0.25) is 5.91 Å². The first-order chi connectivity index (χ1) is 14.5. The van der Waals surface area contributed by atoms with Crippen LogP contribution in [0, 0.1) is 10.5 Å². The molecule has 6 nitrogen and oxygen atoms in total. The minimum absolute atomic E-state index is 0.0663. The number of amides is 3. The molecular formula is C23H19IN2O4. The van der Waals surface area contributed by atoms with Crippen LogP contribution in [0.3, 0.4) is 0 Å². The van der Waals surface area contributed by atoms with Gasteiger partial charge in [0.05, 0.1) is 24.9 Å². The normalized spacial score (nSPS) is 16.2. The van der Waals surface area contributed by atoms with E-state index in [0.717, 1.165) is 9.13 Å². The van der Waals surface area contributed by atoms with Gasteiger partial charge >= 0.3 is 0 Å². The van der Waals surface area contributed by atoms with Crippen molar-refractivity contribution in [2.45, 2.75) is 25.9 Å². The minimum atomic E-state index is -0.894. The summed E-state index contributed by atoms with van der Waals surface area (Å²) in [6.45, 7) is 1.95. The summed E-state index contributed by atoms with van der Waals surface area (Å²) < 4.78 is 6.42. The molecule has 7 heteroatoms. The Kier molecular flexibility index (Phi) is 5.72. The molecule has 3 aromatic rings. The number of hydrogen-bond acceptors (Lipinski definition) is 4. The summed E-state index contributed by atoms with van der Waals surface area (Å²) in [5.74, 6) is -0.493. The lowest BCUT2D eigenvalue weighted by molar-refractivity contribution is -0.122. The number of anilines is 1. The molecule has 0 radical (unpaired) electrons. The van der Waals surface area contributed by atoms with E-state index in [1.54, 1.807) is 36.4 Å². The Morgan fingerprint density at radius 2 is 1.83 bits per heavy atom. The molecule has 1 unspecified atom stereocenters. The van der Waals surface area contributed by atoms with Crippen molar-refractivity contribution in [1.29, 1.82) is 0 Å². The number of rotatable bonds is 5. The summed E-state index contributed by atoms with van der Waals surface area (Å²) in [6, 6.07) is 16.9.